The van der Waals surface area contributed by atoms with Crippen LogP contribution in [0, 0.1) is 10.1 Å². The Morgan fingerprint density at radius 1 is 1.55 bits per heavy atom. The van der Waals surface area contributed by atoms with Crippen molar-refractivity contribution in [1.82, 2.24) is 10.3 Å². The van der Waals surface area contributed by atoms with Crippen LogP contribution in [0.15, 0.2) is 12.3 Å². The van der Waals surface area contributed by atoms with Crippen molar-refractivity contribution >= 4 is 23.1 Å². The van der Waals surface area contributed by atoms with Gasteiger partial charge in [0.2, 0.25) is 5.82 Å². The van der Waals surface area contributed by atoms with Crippen LogP contribution >= 0.6 is 11.6 Å². The first-order chi connectivity index (χ1) is 9.58. The molecule has 2 heterocycles. The molecule has 2 aliphatic rings. The van der Waals surface area contributed by atoms with Gasteiger partial charge in [0.05, 0.1) is 9.95 Å². The standard InChI is InChI=1S/C13H17ClN4O2/c14-9-6-11(18(19)20)12(15-8-9)17-10-2-5-16-13(7-10)3-1-4-13/h6,8,10,16H,1-5,7H2,(H,15,17). The highest BCUT2D eigenvalue weighted by molar-refractivity contribution is 6.30. The summed E-state index contributed by atoms with van der Waals surface area (Å²) < 4.78 is 0. The molecule has 1 saturated heterocycles. The van der Waals surface area contributed by atoms with E-state index < -0.39 is 4.92 Å². The first-order valence-electron chi connectivity index (χ1n) is 6.89. The molecule has 0 bridgehead atoms. The minimum Gasteiger partial charge on any atom is -0.361 e. The fourth-order valence-electron chi connectivity index (χ4n) is 3.14. The van der Waals surface area contributed by atoms with E-state index in [2.05, 4.69) is 15.6 Å². The Morgan fingerprint density at radius 2 is 2.35 bits per heavy atom. The molecular formula is C13H17ClN4O2. The van der Waals surface area contributed by atoms with Gasteiger partial charge in [0.15, 0.2) is 0 Å². The number of nitrogens with one attached hydrogen (secondary N) is 2. The quantitative estimate of drug-likeness (QED) is 0.662. The van der Waals surface area contributed by atoms with Crippen LogP contribution in [-0.2, 0) is 0 Å². The number of halogens is 1. The third kappa shape index (κ3) is 2.58. The SMILES string of the molecule is O=[N+]([O-])c1cc(Cl)cnc1NC1CCNC2(CCC2)C1. The molecule has 1 aromatic rings. The van der Waals surface area contributed by atoms with Crippen molar-refractivity contribution in [2.75, 3.05) is 11.9 Å². The van der Waals surface area contributed by atoms with Crippen LogP contribution in [0.5, 0.6) is 0 Å². The molecule has 0 amide bonds. The van der Waals surface area contributed by atoms with E-state index in [1.165, 1.54) is 31.5 Å². The zero-order valence-electron chi connectivity index (χ0n) is 11.1. The fraction of sp³-hybridized carbons (Fsp3) is 0.615. The van der Waals surface area contributed by atoms with Crippen LogP contribution in [0.4, 0.5) is 11.5 Å². The van der Waals surface area contributed by atoms with Crippen molar-refractivity contribution in [3.8, 4) is 0 Å². The molecule has 1 aromatic heterocycles. The average molecular weight is 297 g/mol. The van der Waals surface area contributed by atoms with Gasteiger partial charge in [0.1, 0.15) is 0 Å². The van der Waals surface area contributed by atoms with Gasteiger partial charge in [-0.25, -0.2) is 4.98 Å². The predicted octanol–water partition coefficient (Wildman–Crippen LogP) is 2.73. The molecule has 0 radical (unpaired) electrons. The predicted molar refractivity (Wildman–Crippen MR) is 77.1 cm³/mol. The third-order valence-electron chi connectivity index (χ3n) is 4.31. The number of pyridine rings is 1. The van der Waals surface area contributed by atoms with Gasteiger partial charge >= 0.3 is 5.69 Å². The molecule has 20 heavy (non-hydrogen) atoms. The van der Waals surface area contributed by atoms with Crippen LogP contribution in [-0.4, -0.2) is 28.0 Å². The molecule has 2 N–H and O–H groups in total. The monoisotopic (exact) mass is 296 g/mol. The van der Waals surface area contributed by atoms with Gasteiger partial charge in [-0.05, 0) is 38.6 Å². The number of rotatable bonds is 3. The topological polar surface area (TPSA) is 80.1 Å². The Hall–Kier alpha value is -1.40. The summed E-state index contributed by atoms with van der Waals surface area (Å²) in [6.45, 7) is 0.944. The van der Waals surface area contributed by atoms with Crippen LogP contribution in [0.25, 0.3) is 0 Å². The molecule has 0 aromatic carbocycles. The Labute approximate surface area is 122 Å². The zero-order chi connectivity index (χ0) is 14.2. The van der Waals surface area contributed by atoms with Crippen LogP contribution in [0.2, 0.25) is 5.02 Å². The number of hydrogen-bond acceptors (Lipinski definition) is 5. The van der Waals surface area contributed by atoms with E-state index in [0.29, 0.717) is 5.82 Å². The van der Waals surface area contributed by atoms with Crippen molar-refractivity contribution in [2.24, 2.45) is 0 Å². The number of piperidine rings is 1. The molecular weight excluding hydrogens is 280 g/mol. The molecule has 2 fully saturated rings. The van der Waals surface area contributed by atoms with E-state index in [-0.39, 0.29) is 22.3 Å². The van der Waals surface area contributed by atoms with Gasteiger partial charge in [-0.2, -0.15) is 0 Å². The maximum Gasteiger partial charge on any atom is 0.312 e. The highest BCUT2D eigenvalue weighted by Gasteiger charge is 2.41. The van der Waals surface area contributed by atoms with Gasteiger partial charge < -0.3 is 10.6 Å². The van der Waals surface area contributed by atoms with E-state index >= 15 is 0 Å². The maximum absolute atomic E-state index is 11.1. The molecule has 6 nitrogen and oxygen atoms in total. The second-order valence-corrected chi connectivity index (χ2v) is 6.11. The molecule has 7 heteroatoms. The summed E-state index contributed by atoms with van der Waals surface area (Å²) in [6, 6.07) is 1.57. The fourth-order valence-corrected chi connectivity index (χ4v) is 3.29. The number of anilines is 1. The van der Waals surface area contributed by atoms with E-state index in [1.54, 1.807) is 0 Å². The molecule has 1 aliphatic carbocycles. The van der Waals surface area contributed by atoms with E-state index in [9.17, 15) is 10.1 Å². The van der Waals surface area contributed by atoms with Crippen molar-refractivity contribution in [3.05, 3.63) is 27.4 Å². The Bertz CT molecular complexity index is 533. The van der Waals surface area contributed by atoms with Crippen molar-refractivity contribution in [2.45, 2.75) is 43.7 Å². The first kappa shape index (κ1) is 13.6. The molecule has 1 saturated carbocycles. The summed E-state index contributed by atoms with van der Waals surface area (Å²) in [5.41, 5.74) is 0.190. The molecule has 108 valence electrons. The summed E-state index contributed by atoms with van der Waals surface area (Å²) in [5.74, 6) is 0.320. The summed E-state index contributed by atoms with van der Waals surface area (Å²) in [4.78, 5) is 14.7. The summed E-state index contributed by atoms with van der Waals surface area (Å²) in [5, 5.41) is 18.2. The number of nitro groups is 1. The number of nitrogens with zero attached hydrogens (tertiary/aromatic N) is 2. The van der Waals surface area contributed by atoms with Gasteiger partial charge in [-0.1, -0.05) is 11.6 Å². The molecule has 1 aliphatic heterocycles. The number of aromatic nitrogens is 1. The highest BCUT2D eigenvalue weighted by atomic mass is 35.5. The molecule has 1 spiro atoms. The summed E-state index contributed by atoms with van der Waals surface area (Å²) in [6.07, 6.45) is 7.04. The van der Waals surface area contributed by atoms with E-state index in [0.717, 1.165) is 19.4 Å². The minimum absolute atomic E-state index is 0.0568. The van der Waals surface area contributed by atoms with Gasteiger partial charge in [0, 0.05) is 23.8 Å². The largest absolute Gasteiger partial charge is 0.361 e. The molecule has 1 unspecified atom stereocenters. The van der Waals surface area contributed by atoms with Crippen LogP contribution < -0.4 is 10.6 Å². The van der Waals surface area contributed by atoms with E-state index in [4.69, 9.17) is 11.6 Å². The van der Waals surface area contributed by atoms with Crippen LogP contribution in [0.3, 0.4) is 0 Å². The first-order valence-corrected chi connectivity index (χ1v) is 7.27. The van der Waals surface area contributed by atoms with Crippen molar-refractivity contribution in [1.29, 1.82) is 0 Å². The van der Waals surface area contributed by atoms with Gasteiger partial charge in [-0.3, -0.25) is 10.1 Å². The molecule has 3 rings (SSSR count). The van der Waals surface area contributed by atoms with Gasteiger partial charge in [-0.15, -0.1) is 0 Å². The molecule has 1 atom stereocenters. The second-order valence-electron chi connectivity index (χ2n) is 5.67. The normalized spacial score (nSPS) is 24.1. The lowest BCUT2D eigenvalue weighted by Crippen LogP contribution is -2.58. The Kier molecular flexibility index (Phi) is 3.52. The summed E-state index contributed by atoms with van der Waals surface area (Å²) >= 11 is 5.78. The van der Waals surface area contributed by atoms with Crippen LogP contribution in [0.1, 0.15) is 32.1 Å². The van der Waals surface area contributed by atoms with Crippen molar-refractivity contribution in [3.63, 3.8) is 0 Å². The Morgan fingerprint density at radius 3 is 3.00 bits per heavy atom. The highest BCUT2D eigenvalue weighted by Crippen LogP contribution is 2.39. The lowest BCUT2D eigenvalue weighted by molar-refractivity contribution is -0.384. The lowest BCUT2D eigenvalue weighted by atomic mass is 9.70. The zero-order valence-corrected chi connectivity index (χ0v) is 11.8. The van der Waals surface area contributed by atoms with E-state index in [1.807, 2.05) is 0 Å². The average Bonchev–Trinajstić information content (AvgIpc) is 2.39. The van der Waals surface area contributed by atoms with Gasteiger partial charge in [0.25, 0.3) is 0 Å². The number of hydrogen-bond donors (Lipinski definition) is 2. The third-order valence-corrected chi connectivity index (χ3v) is 4.52. The maximum atomic E-state index is 11.1. The Balaban J connectivity index is 1.75. The second kappa shape index (κ2) is 5.18. The lowest BCUT2D eigenvalue weighted by Gasteiger charge is -2.48. The minimum atomic E-state index is -0.443. The summed E-state index contributed by atoms with van der Waals surface area (Å²) in [7, 11) is 0. The smallest absolute Gasteiger partial charge is 0.312 e. The van der Waals surface area contributed by atoms with Crippen molar-refractivity contribution < 1.29 is 4.92 Å².